The van der Waals surface area contributed by atoms with Crippen LogP contribution in [0.25, 0.3) is 11.3 Å². The molecule has 0 atom stereocenters. The fraction of sp³-hybridized carbons (Fsp3) is 0. The molecule has 1 aromatic heterocycles. The largest absolute Gasteiger partial charge is 0.366 e. The molecule has 0 fully saturated rings. The minimum Gasteiger partial charge on any atom is -0.366 e. The summed E-state index contributed by atoms with van der Waals surface area (Å²) in [5.74, 6) is -1.19. The van der Waals surface area contributed by atoms with Crippen LogP contribution >= 0.6 is 0 Å². The van der Waals surface area contributed by atoms with Gasteiger partial charge in [0, 0.05) is 6.20 Å². The van der Waals surface area contributed by atoms with Crippen LogP contribution in [0, 0.1) is 5.82 Å². The molecule has 5 heteroatoms. The predicted octanol–water partition coefficient (Wildman–Crippen LogP) is 1.31. The minimum atomic E-state index is -0.674. The third kappa shape index (κ3) is 1.59. The number of H-pyrrole nitrogens is 1. The molecule has 0 bridgehead atoms. The van der Waals surface area contributed by atoms with Crippen molar-refractivity contribution in [2.24, 2.45) is 5.73 Å². The average molecular weight is 205 g/mol. The Morgan fingerprint density at radius 3 is 2.80 bits per heavy atom. The number of amides is 1. The fourth-order valence-corrected chi connectivity index (χ4v) is 1.39. The van der Waals surface area contributed by atoms with Crippen LogP contribution < -0.4 is 5.73 Å². The summed E-state index contributed by atoms with van der Waals surface area (Å²) in [7, 11) is 0. The predicted molar refractivity (Wildman–Crippen MR) is 52.5 cm³/mol. The van der Waals surface area contributed by atoms with Gasteiger partial charge in [-0.25, -0.2) is 4.39 Å². The summed E-state index contributed by atoms with van der Waals surface area (Å²) in [6, 6.07) is 5.74. The number of hydrogen-bond acceptors (Lipinski definition) is 2. The van der Waals surface area contributed by atoms with Gasteiger partial charge >= 0.3 is 0 Å². The summed E-state index contributed by atoms with van der Waals surface area (Å²) >= 11 is 0. The van der Waals surface area contributed by atoms with E-state index in [9.17, 15) is 9.18 Å². The van der Waals surface area contributed by atoms with Gasteiger partial charge in [-0.3, -0.25) is 9.89 Å². The van der Waals surface area contributed by atoms with Crippen LogP contribution in [0.3, 0.4) is 0 Å². The molecular formula is C10H8FN3O. The van der Waals surface area contributed by atoms with Gasteiger partial charge in [0.1, 0.15) is 5.82 Å². The lowest BCUT2D eigenvalue weighted by Gasteiger charge is -2.04. The first kappa shape index (κ1) is 9.39. The van der Waals surface area contributed by atoms with Crippen molar-refractivity contribution in [1.29, 1.82) is 0 Å². The second-order valence-electron chi connectivity index (χ2n) is 2.99. The fourth-order valence-electron chi connectivity index (χ4n) is 1.39. The van der Waals surface area contributed by atoms with Crippen LogP contribution in [0.2, 0.25) is 0 Å². The smallest absolute Gasteiger partial charge is 0.249 e. The average Bonchev–Trinajstić information content (AvgIpc) is 2.70. The number of hydrogen-bond donors (Lipinski definition) is 2. The number of aromatic nitrogens is 2. The van der Waals surface area contributed by atoms with E-state index in [2.05, 4.69) is 10.2 Å². The number of nitrogens with zero attached hydrogens (tertiary/aromatic N) is 1. The summed E-state index contributed by atoms with van der Waals surface area (Å²) in [5.41, 5.74) is 5.77. The highest BCUT2D eigenvalue weighted by Crippen LogP contribution is 2.24. The molecule has 0 unspecified atom stereocenters. The highest BCUT2D eigenvalue weighted by molar-refractivity contribution is 5.99. The van der Waals surface area contributed by atoms with E-state index in [0.29, 0.717) is 5.69 Å². The number of halogens is 1. The number of primary amides is 1. The number of benzene rings is 1. The Morgan fingerprint density at radius 2 is 2.20 bits per heavy atom. The first-order chi connectivity index (χ1) is 7.20. The van der Waals surface area contributed by atoms with E-state index in [1.807, 2.05) is 0 Å². The highest BCUT2D eigenvalue weighted by atomic mass is 19.1. The molecule has 0 spiro atoms. The molecule has 76 valence electrons. The van der Waals surface area contributed by atoms with Gasteiger partial charge < -0.3 is 5.73 Å². The molecule has 0 radical (unpaired) electrons. The summed E-state index contributed by atoms with van der Waals surface area (Å²) in [6.07, 6.45) is 1.55. The molecule has 1 aromatic carbocycles. The topological polar surface area (TPSA) is 71.8 Å². The molecule has 2 aromatic rings. The molecule has 3 N–H and O–H groups in total. The van der Waals surface area contributed by atoms with Crippen LogP contribution in [0.1, 0.15) is 10.4 Å². The summed E-state index contributed by atoms with van der Waals surface area (Å²) in [5, 5.41) is 6.37. The molecule has 1 amide bonds. The third-order valence-electron chi connectivity index (χ3n) is 2.04. The molecule has 0 aliphatic rings. The standard InChI is InChI=1S/C10H8FN3O/c11-7-3-1-2-6(10(12)15)9(7)8-4-5-13-14-8/h1-5H,(H2,12,15)(H,13,14). The van der Waals surface area contributed by atoms with Crippen molar-refractivity contribution >= 4 is 5.91 Å². The van der Waals surface area contributed by atoms with Crippen molar-refractivity contribution in [3.63, 3.8) is 0 Å². The van der Waals surface area contributed by atoms with Gasteiger partial charge in [-0.2, -0.15) is 5.10 Å². The molecule has 0 saturated carbocycles. The summed E-state index contributed by atoms with van der Waals surface area (Å²) < 4.78 is 13.5. The van der Waals surface area contributed by atoms with Crippen molar-refractivity contribution in [2.75, 3.05) is 0 Å². The van der Waals surface area contributed by atoms with Crippen LogP contribution in [0.15, 0.2) is 30.5 Å². The van der Waals surface area contributed by atoms with Gasteiger partial charge in [-0.05, 0) is 18.2 Å². The number of rotatable bonds is 2. The van der Waals surface area contributed by atoms with Gasteiger partial charge in [0.15, 0.2) is 0 Å². The number of nitrogens with two attached hydrogens (primary N) is 1. The van der Waals surface area contributed by atoms with Crippen molar-refractivity contribution in [1.82, 2.24) is 10.2 Å². The maximum absolute atomic E-state index is 13.5. The lowest BCUT2D eigenvalue weighted by molar-refractivity contribution is 0.100. The molecule has 0 aliphatic heterocycles. The zero-order valence-electron chi connectivity index (χ0n) is 7.70. The zero-order valence-corrected chi connectivity index (χ0v) is 7.70. The zero-order chi connectivity index (χ0) is 10.8. The molecule has 15 heavy (non-hydrogen) atoms. The Hall–Kier alpha value is -2.17. The molecule has 0 saturated heterocycles. The Bertz CT molecular complexity index is 493. The number of carbonyl (C=O) groups is 1. The third-order valence-corrected chi connectivity index (χ3v) is 2.04. The van der Waals surface area contributed by atoms with E-state index in [1.165, 1.54) is 18.2 Å². The quantitative estimate of drug-likeness (QED) is 0.775. The molecule has 2 rings (SSSR count). The van der Waals surface area contributed by atoms with Gasteiger partial charge in [0.05, 0.1) is 16.8 Å². The van der Waals surface area contributed by atoms with Crippen LogP contribution in [-0.2, 0) is 0 Å². The first-order valence-electron chi connectivity index (χ1n) is 4.28. The number of carbonyl (C=O) groups excluding carboxylic acids is 1. The van der Waals surface area contributed by atoms with Crippen LogP contribution in [0.5, 0.6) is 0 Å². The summed E-state index contributed by atoms with van der Waals surface area (Å²) in [4.78, 5) is 11.1. The van der Waals surface area contributed by atoms with E-state index in [1.54, 1.807) is 12.3 Å². The minimum absolute atomic E-state index is 0.127. The molecule has 1 heterocycles. The molecule has 0 aliphatic carbocycles. The number of aromatic amines is 1. The SMILES string of the molecule is NC(=O)c1cccc(F)c1-c1cc[nH]n1. The van der Waals surface area contributed by atoms with E-state index in [0.717, 1.165) is 0 Å². The van der Waals surface area contributed by atoms with E-state index in [4.69, 9.17) is 5.73 Å². The summed E-state index contributed by atoms with van der Waals surface area (Å²) in [6.45, 7) is 0. The van der Waals surface area contributed by atoms with E-state index >= 15 is 0 Å². The van der Waals surface area contributed by atoms with Gasteiger partial charge in [0.25, 0.3) is 0 Å². The van der Waals surface area contributed by atoms with E-state index < -0.39 is 11.7 Å². The van der Waals surface area contributed by atoms with Crippen molar-refractivity contribution < 1.29 is 9.18 Å². The van der Waals surface area contributed by atoms with Crippen molar-refractivity contribution in [3.8, 4) is 11.3 Å². The van der Waals surface area contributed by atoms with E-state index in [-0.39, 0.29) is 11.1 Å². The first-order valence-corrected chi connectivity index (χ1v) is 4.28. The second kappa shape index (κ2) is 3.53. The van der Waals surface area contributed by atoms with Gasteiger partial charge in [0.2, 0.25) is 5.91 Å². The van der Waals surface area contributed by atoms with Crippen LogP contribution in [0.4, 0.5) is 4.39 Å². The van der Waals surface area contributed by atoms with Crippen molar-refractivity contribution in [3.05, 3.63) is 41.8 Å². The monoisotopic (exact) mass is 205 g/mol. The van der Waals surface area contributed by atoms with Gasteiger partial charge in [-0.1, -0.05) is 6.07 Å². The lowest BCUT2D eigenvalue weighted by Crippen LogP contribution is -2.13. The van der Waals surface area contributed by atoms with Gasteiger partial charge in [-0.15, -0.1) is 0 Å². The maximum atomic E-state index is 13.5. The lowest BCUT2D eigenvalue weighted by atomic mass is 10.0. The normalized spacial score (nSPS) is 10.2. The van der Waals surface area contributed by atoms with Crippen molar-refractivity contribution in [2.45, 2.75) is 0 Å². The Kier molecular flexibility index (Phi) is 2.21. The Balaban J connectivity index is 2.68. The maximum Gasteiger partial charge on any atom is 0.249 e. The molecular weight excluding hydrogens is 197 g/mol. The molecule has 4 nitrogen and oxygen atoms in total. The second-order valence-corrected chi connectivity index (χ2v) is 2.99. The Labute approximate surface area is 84.9 Å². The number of nitrogens with one attached hydrogen (secondary N) is 1. The van der Waals surface area contributed by atoms with Crippen LogP contribution in [-0.4, -0.2) is 16.1 Å². The Morgan fingerprint density at radius 1 is 1.40 bits per heavy atom. The highest BCUT2D eigenvalue weighted by Gasteiger charge is 2.15.